The SMILES string of the molecule is CCCC(OC(CCC)S(=O)(=O)O)S(=O)(=O)O.Cc1ccc(-c2cc(C(F)(F)F)nn2-c2ccc(S(N)(=O)=O)cc2)cc1. The molecule has 43 heavy (non-hydrogen) atoms. The second-order valence-corrected chi connectivity index (χ2v) is 14.0. The fraction of sp³-hybridized carbons (Fsp3) is 0.400. The third-order valence-electron chi connectivity index (χ3n) is 5.77. The van der Waals surface area contributed by atoms with Gasteiger partial charge in [0, 0.05) is 5.56 Å². The van der Waals surface area contributed by atoms with Crippen LogP contribution in [0.5, 0.6) is 0 Å². The lowest BCUT2D eigenvalue weighted by Gasteiger charge is -2.20. The molecule has 0 amide bonds. The molecule has 0 spiro atoms. The number of alkyl halides is 3. The van der Waals surface area contributed by atoms with Gasteiger partial charge in [0.15, 0.2) is 16.6 Å². The monoisotopic (exact) mass is 671 g/mol. The number of aromatic nitrogens is 2. The summed E-state index contributed by atoms with van der Waals surface area (Å²) in [5, 5.41) is 8.70. The van der Waals surface area contributed by atoms with E-state index in [-0.39, 0.29) is 29.1 Å². The van der Waals surface area contributed by atoms with Gasteiger partial charge in [0.05, 0.1) is 16.3 Å². The molecule has 0 aliphatic rings. The summed E-state index contributed by atoms with van der Waals surface area (Å²) in [6.07, 6.45) is -3.93. The summed E-state index contributed by atoms with van der Waals surface area (Å²) < 4.78 is 129. The van der Waals surface area contributed by atoms with Crippen molar-refractivity contribution in [2.24, 2.45) is 5.14 Å². The van der Waals surface area contributed by atoms with Gasteiger partial charge in [-0.05, 0) is 50.1 Å². The summed E-state index contributed by atoms with van der Waals surface area (Å²) in [6, 6.07) is 13.1. The molecule has 0 saturated heterocycles. The van der Waals surface area contributed by atoms with Gasteiger partial charge in [0.2, 0.25) is 10.0 Å². The summed E-state index contributed by atoms with van der Waals surface area (Å²) in [6.45, 7) is 5.18. The Hall–Kier alpha value is -2.87. The largest absolute Gasteiger partial charge is 0.435 e. The van der Waals surface area contributed by atoms with Crippen molar-refractivity contribution in [2.75, 3.05) is 0 Å². The van der Waals surface area contributed by atoms with Crippen molar-refractivity contribution in [1.29, 1.82) is 0 Å². The smallest absolute Gasteiger partial charge is 0.338 e. The Balaban J connectivity index is 0.000000332. The molecule has 3 aromatic rings. The summed E-state index contributed by atoms with van der Waals surface area (Å²) in [5.41, 5.74) is -2.27. The van der Waals surface area contributed by atoms with E-state index >= 15 is 0 Å². The molecule has 3 rings (SSSR count). The molecule has 0 fully saturated rings. The van der Waals surface area contributed by atoms with Gasteiger partial charge >= 0.3 is 6.18 Å². The molecule has 240 valence electrons. The summed E-state index contributed by atoms with van der Waals surface area (Å²) in [4.78, 5) is -0.138. The third kappa shape index (κ3) is 10.7. The van der Waals surface area contributed by atoms with Gasteiger partial charge in [0.1, 0.15) is 0 Å². The highest BCUT2D eigenvalue weighted by molar-refractivity contribution is 7.89. The van der Waals surface area contributed by atoms with Gasteiger partial charge in [-0.2, -0.15) is 35.1 Å². The van der Waals surface area contributed by atoms with Crippen LogP contribution in [0.2, 0.25) is 0 Å². The summed E-state index contributed by atoms with van der Waals surface area (Å²) in [5.74, 6) is 0. The normalized spacial score (nSPS) is 14.1. The van der Waals surface area contributed by atoms with Crippen molar-refractivity contribution in [3.8, 4) is 16.9 Å². The summed E-state index contributed by atoms with van der Waals surface area (Å²) in [7, 11) is -12.9. The van der Waals surface area contributed by atoms with Crippen molar-refractivity contribution < 1.29 is 52.3 Å². The molecular formula is C25H32F3N3O9S3. The molecule has 12 nitrogen and oxygen atoms in total. The van der Waals surface area contributed by atoms with Crippen LogP contribution in [0.1, 0.15) is 50.8 Å². The van der Waals surface area contributed by atoms with Crippen molar-refractivity contribution in [2.45, 2.75) is 68.4 Å². The molecule has 0 aliphatic heterocycles. The zero-order valence-corrected chi connectivity index (χ0v) is 25.7. The maximum atomic E-state index is 13.1. The third-order valence-corrected chi connectivity index (χ3v) is 8.73. The fourth-order valence-electron chi connectivity index (χ4n) is 3.64. The van der Waals surface area contributed by atoms with Gasteiger partial charge in [-0.15, -0.1) is 0 Å². The maximum Gasteiger partial charge on any atom is 0.435 e. The number of aryl methyl sites for hydroxylation is 1. The quantitative estimate of drug-likeness (QED) is 0.243. The molecule has 18 heteroatoms. The number of hydrogen-bond donors (Lipinski definition) is 3. The molecule has 0 aliphatic carbocycles. The molecule has 1 aromatic heterocycles. The van der Waals surface area contributed by atoms with Gasteiger partial charge in [-0.3, -0.25) is 9.11 Å². The standard InChI is InChI=1S/C17H14F3N3O2S.C8H18O7S2/c1-11-2-4-12(5-3-11)15-10-16(17(18,19)20)22-23(15)13-6-8-14(9-7-13)26(21,24)25;1-3-5-7(16(9,10)11)15-8(6-4-2)17(12,13)14/h2-10H,1H3,(H2,21,24,25);7-8H,3-6H2,1-2H3,(H,9,10,11)(H,12,13,14). The lowest BCUT2D eigenvalue weighted by atomic mass is 10.1. The predicted molar refractivity (Wildman–Crippen MR) is 152 cm³/mol. The average Bonchev–Trinajstić information content (AvgIpc) is 3.33. The van der Waals surface area contributed by atoms with E-state index in [1.54, 1.807) is 38.1 Å². The first-order chi connectivity index (χ1) is 19.7. The molecule has 2 unspecified atom stereocenters. The van der Waals surface area contributed by atoms with E-state index in [9.17, 15) is 38.4 Å². The second kappa shape index (κ2) is 14.3. The number of primary sulfonamides is 1. The van der Waals surface area contributed by atoms with E-state index < -0.39 is 53.0 Å². The lowest BCUT2D eigenvalue weighted by molar-refractivity contribution is -0.141. The zero-order valence-electron chi connectivity index (χ0n) is 23.3. The Morgan fingerprint density at radius 2 is 1.33 bits per heavy atom. The fourth-order valence-corrected chi connectivity index (χ4v) is 5.84. The number of nitrogens with two attached hydrogens (primary N) is 1. The number of benzene rings is 2. The van der Waals surface area contributed by atoms with Crippen LogP contribution >= 0.6 is 0 Å². The van der Waals surface area contributed by atoms with Gasteiger partial charge in [-0.25, -0.2) is 18.2 Å². The van der Waals surface area contributed by atoms with Crippen LogP contribution in [0.4, 0.5) is 13.2 Å². The molecular weight excluding hydrogens is 639 g/mol. The molecule has 2 atom stereocenters. The van der Waals surface area contributed by atoms with Crippen LogP contribution in [-0.4, -0.2) is 55.0 Å². The highest BCUT2D eigenvalue weighted by atomic mass is 32.2. The average molecular weight is 672 g/mol. The number of sulfonamides is 1. The van der Waals surface area contributed by atoms with Gasteiger partial charge in [-0.1, -0.05) is 56.5 Å². The number of rotatable bonds is 11. The van der Waals surface area contributed by atoms with Crippen LogP contribution < -0.4 is 5.14 Å². The van der Waals surface area contributed by atoms with E-state index in [0.717, 1.165) is 16.3 Å². The lowest BCUT2D eigenvalue weighted by Crippen LogP contribution is -2.33. The highest BCUT2D eigenvalue weighted by Gasteiger charge is 2.35. The molecule has 1 heterocycles. The molecule has 0 saturated carbocycles. The van der Waals surface area contributed by atoms with Crippen LogP contribution in [0, 0.1) is 6.92 Å². The predicted octanol–water partition coefficient (Wildman–Crippen LogP) is 4.54. The topological polar surface area (TPSA) is 196 Å². The first-order valence-corrected chi connectivity index (χ1v) is 17.2. The Morgan fingerprint density at radius 3 is 1.70 bits per heavy atom. The highest BCUT2D eigenvalue weighted by Crippen LogP contribution is 2.33. The van der Waals surface area contributed by atoms with Crippen molar-refractivity contribution in [1.82, 2.24) is 9.78 Å². The van der Waals surface area contributed by atoms with E-state index in [2.05, 4.69) is 5.10 Å². The molecule has 0 bridgehead atoms. The van der Waals surface area contributed by atoms with E-state index in [1.807, 2.05) is 6.92 Å². The van der Waals surface area contributed by atoms with Crippen LogP contribution in [0.15, 0.2) is 59.5 Å². The van der Waals surface area contributed by atoms with Gasteiger partial charge < -0.3 is 4.74 Å². The van der Waals surface area contributed by atoms with Crippen LogP contribution in [0.3, 0.4) is 0 Å². The molecule has 2 aromatic carbocycles. The molecule has 4 N–H and O–H groups in total. The van der Waals surface area contributed by atoms with Crippen molar-refractivity contribution >= 4 is 30.3 Å². The number of hydrogen-bond acceptors (Lipinski definition) is 8. The van der Waals surface area contributed by atoms with E-state index in [0.29, 0.717) is 18.4 Å². The maximum absolute atomic E-state index is 13.1. The first kappa shape index (κ1) is 36.3. The Labute approximate surface area is 248 Å². The Kier molecular flexibility index (Phi) is 12.1. The first-order valence-electron chi connectivity index (χ1n) is 12.6. The Morgan fingerprint density at radius 1 is 0.860 bits per heavy atom. The minimum Gasteiger partial charge on any atom is -0.338 e. The van der Waals surface area contributed by atoms with Crippen molar-refractivity contribution in [3.05, 3.63) is 65.9 Å². The van der Waals surface area contributed by atoms with Crippen LogP contribution in [-0.2, 0) is 41.2 Å². The molecule has 0 radical (unpaired) electrons. The van der Waals surface area contributed by atoms with Crippen molar-refractivity contribution in [3.63, 3.8) is 0 Å². The second-order valence-electron chi connectivity index (χ2n) is 9.33. The summed E-state index contributed by atoms with van der Waals surface area (Å²) >= 11 is 0. The minimum atomic E-state index is -4.61. The number of ether oxygens (including phenoxy) is 1. The van der Waals surface area contributed by atoms with E-state index in [4.69, 9.17) is 19.0 Å². The number of nitrogens with zero attached hydrogens (tertiary/aromatic N) is 2. The zero-order chi connectivity index (χ0) is 32.8. The Bertz CT molecular complexity index is 1650. The van der Waals surface area contributed by atoms with Crippen LogP contribution in [0.25, 0.3) is 16.9 Å². The van der Waals surface area contributed by atoms with Gasteiger partial charge in [0.25, 0.3) is 20.2 Å². The minimum absolute atomic E-state index is 0.0471. The number of halogens is 3. The van der Waals surface area contributed by atoms with E-state index in [1.165, 1.54) is 24.3 Å².